The third-order valence-corrected chi connectivity index (χ3v) is 2.10. The molecule has 1 aromatic carbocycles. The van der Waals surface area contributed by atoms with Crippen LogP contribution in [0.2, 0.25) is 0 Å². The van der Waals surface area contributed by atoms with Gasteiger partial charge in [0.2, 0.25) is 5.82 Å². The number of hydrogen-bond donors (Lipinski definition) is 0. The summed E-state index contributed by atoms with van der Waals surface area (Å²) in [4.78, 5) is 3.17. The Morgan fingerprint density at radius 1 is 1.00 bits per heavy atom. The van der Waals surface area contributed by atoms with Gasteiger partial charge in [-0.1, -0.05) is 0 Å². The Bertz CT molecular complexity index is 514. The molecular weight excluding hydrogens is 228 g/mol. The first-order valence-electron chi connectivity index (χ1n) is 4.82. The molecule has 3 nitrogen and oxygen atoms in total. The maximum absolute atomic E-state index is 13.2. The van der Waals surface area contributed by atoms with Crippen molar-refractivity contribution >= 4 is 0 Å². The molecular formula is C12H9F2NO2. The van der Waals surface area contributed by atoms with E-state index < -0.39 is 11.8 Å². The van der Waals surface area contributed by atoms with Gasteiger partial charge in [0.15, 0.2) is 5.75 Å². The standard InChI is InChI=1S/C12H9F2NO2/c1-16-8-2-4-9(5-3-8)17-10-6-7-15-12(14)11(10)13/h2-7H,1H3. The van der Waals surface area contributed by atoms with Crippen LogP contribution in [0.5, 0.6) is 17.2 Å². The van der Waals surface area contributed by atoms with E-state index >= 15 is 0 Å². The van der Waals surface area contributed by atoms with E-state index in [1.165, 1.54) is 13.2 Å². The molecule has 17 heavy (non-hydrogen) atoms. The summed E-state index contributed by atoms with van der Waals surface area (Å²) in [5.41, 5.74) is 0. The van der Waals surface area contributed by atoms with Crippen molar-refractivity contribution in [2.24, 2.45) is 0 Å². The van der Waals surface area contributed by atoms with E-state index in [2.05, 4.69) is 4.98 Å². The van der Waals surface area contributed by atoms with Crippen LogP contribution in [0.4, 0.5) is 8.78 Å². The van der Waals surface area contributed by atoms with Crippen LogP contribution < -0.4 is 9.47 Å². The molecule has 0 amide bonds. The molecule has 0 fully saturated rings. The highest BCUT2D eigenvalue weighted by Gasteiger charge is 2.10. The Kier molecular flexibility index (Phi) is 3.18. The van der Waals surface area contributed by atoms with Crippen molar-refractivity contribution in [2.45, 2.75) is 0 Å². The molecule has 2 aromatic rings. The van der Waals surface area contributed by atoms with Crippen LogP contribution in [-0.4, -0.2) is 12.1 Å². The predicted octanol–water partition coefficient (Wildman–Crippen LogP) is 3.16. The van der Waals surface area contributed by atoms with Crippen molar-refractivity contribution in [3.63, 3.8) is 0 Å². The number of rotatable bonds is 3. The topological polar surface area (TPSA) is 31.4 Å². The van der Waals surface area contributed by atoms with Crippen LogP contribution in [-0.2, 0) is 0 Å². The van der Waals surface area contributed by atoms with Crippen LogP contribution in [0.1, 0.15) is 0 Å². The van der Waals surface area contributed by atoms with Gasteiger partial charge in [0.05, 0.1) is 7.11 Å². The number of nitrogens with zero attached hydrogens (tertiary/aromatic N) is 1. The number of methoxy groups -OCH3 is 1. The lowest BCUT2D eigenvalue weighted by molar-refractivity contribution is 0.399. The minimum absolute atomic E-state index is 0.206. The van der Waals surface area contributed by atoms with Crippen LogP contribution in [0.3, 0.4) is 0 Å². The molecule has 2 rings (SSSR count). The Balaban J connectivity index is 2.22. The number of hydrogen-bond acceptors (Lipinski definition) is 3. The molecule has 0 radical (unpaired) electrons. The molecule has 0 aliphatic heterocycles. The van der Waals surface area contributed by atoms with Crippen LogP contribution in [0.15, 0.2) is 36.5 Å². The Labute approximate surface area is 96.6 Å². The van der Waals surface area contributed by atoms with E-state index in [9.17, 15) is 8.78 Å². The minimum atomic E-state index is -1.18. The third kappa shape index (κ3) is 2.50. The molecule has 0 unspecified atom stereocenters. The van der Waals surface area contributed by atoms with Crippen molar-refractivity contribution < 1.29 is 18.3 Å². The SMILES string of the molecule is COc1ccc(Oc2ccnc(F)c2F)cc1. The monoisotopic (exact) mass is 237 g/mol. The zero-order chi connectivity index (χ0) is 12.3. The highest BCUT2D eigenvalue weighted by molar-refractivity contribution is 5.35. The number of aromatic nitrogens is 1. The first-order valence-corrected chi connectivity index (χ1v) is 4.82. The van der Waals surface area contributed by atoms with Crippen LogP contribution in [0, 0.1) is 11.8 Å². The van der Waals surface area contributed by atoms with Gasteiger partial charge in [-0.3, -0.25) is 0 Å². The summed E-state index contributed by atoms with van der Waals surface area (Å²) < 4.78 is 36.2. The molecule has 88 valence electrons. The number of ether oxygens (including phenoxy) is 2. The van der Waals surface area contributed by atoms with Gasteiger partial charge in [-0.05, 0) is 24.3 Å². The van der Waals surface area contributed by atoms with Gasteiger partial charge < -0.3 is 9.47 Å². The summed E-state index contributed by atoms with van der Waals surface area (Å²) in [7, 11) is 1.54. The van der Waals surface area contributed by atoms with E-state index in [4.69, 9.17) is 9.47 Å². The average molecular weight is 237 g/mol. The van der Waals surface area contributed by atoms with Crippen LogP contribution in [0.25, 0.3) is 0 Å². The third-order valence-electron chi connectivity index (χ3n) is 2.10. The lowest BCUT2D eigenvalue weighted by atomic mass is 10.3. The summed E-state index contributed by atoms with van der Waals surface area (Å²) in [5, 5.41) is 0. The second-order valence-electron chi connectivity index (χ2n) is 3.19. The van der Waals surface area contributed by atoms with Crippen LogP contribution >= 0.6 is 0 Å². The highest BCUT2D eigenvalue weighted by atomic mass is 19.2. The fraction of sp³-hybridized carbons (Fsp3) is 0.0833. The predicted molar refractivity (Wildman–Crippen MR) is 57.2 cm³/mol. The van der Waals surface area contributed by atoms with E-state index in [-0.39, 0.29) is 5.75 Å². The summed E-state index contributed by atoms with van der Waals surface area (Å²) >= 11 is 0. The molecule has 1 heterocycles. The molecule has 0 aliphatic rings. The van der Waals surface area contributed by atoms with Crippen molar-refractivity contribution in [3.05, 3.63) is 48.3 Å². The molecule has 5 heteroatoms. The fourth-order valence-corrected chi connectivity index (χ4v) is 1.25. The zero-order valence-electron chi connectivity index (χ0n) is 8.98. The van der Waals surface area contributed by atoms with Gasteiger partial charge in [0, 0.05) is 12.3 Å². The fourth-order valence-electron chi connectivity index (χ4n) is 1.25. The van der Waals surface area contributed by atoms with Gasteiger partial charge in [0.1, 0.15) is 11.5 Å². The average Bonchev–Trinajstić information content (AvgIpc) is 2.36. The normalized spacial score (nSPS) is 10.1. The molecule has 0 spiro atoms. The Morgan fingerprint density at radius 2 is 1.65 bits per heavy atom. The Hall–Kier alpha value is -2.17. The van der Waals surface area contributed by atoms with Gasteiger partial charge in [-0.25, -0.2) is 4.98 Å². The lowest BCUT2D eigenvalue weighted by Crippen LogP contribution is -1.94. The van der Waals surface area contributed by atoms with Gasteiger partial charge in [0.25, 0.3) is 5.95 Å². The van der Waals surface area contributed by atoms with Gasteiger partial charge >= 0.3 is 0 Å². The maximum atomic E-state index is 13.2. The van der Waals surface area contributed by atoms with E-state index in [1.807, 2.05) is 0 Å². The largest absolute Gasteiger partial charge is 0.497 e. The molecule has 0 atom stereocenters. The molecule has 0 N–H and O–H groups in total. The second-order valence-corrected chi connectivity index (χ2v) is 3.19. The highest BCUT2D eigenvalue weighted by Crippen LogP contribution is 2.26. The molecule has 0 aliphatic carbocycles. The van der Waals surface area contributed by atoms with Crippen molar-refractivity contribution in [3.8, 4) is 17.2 Å². The van der Waals surface area contributed by atoms with E-state index in [1.54, 1.807) is 24.3 Å². The summed E-state index contributed by atoms with van der Waals surface area (Å²) in [6.07, 6.45) is 1.14. The van der Waals surface area contributed by atoms with E-state index in [0.29, 0.717) is 11.5 Å². The number of halogens is 2. The summed E-state index contributed by atoms with van der Waals surface area (Å²) in [6, 6.07) is 7.76. The summed E-state index contributed by atoms with van der Waals surface area (Å²) in [6.45, 7) is 0. The first-order chi connectivity index (χ1) is 8.20. The lowest BCUT2D eigenvalue weighted by Gasteiger charge is -2.07. The quantitative estimate of drug-likeness (QED) is 0.768. The number of pyridine rings is 1. The Morgan fingerprint density at radius 3 is 2.29 bits per heavy atom. The minimum Gasteiger partial charge on any atom is -0.497 e. The van der Waals surface area contributed by atoms with Gasteiger partial charge in [-0.15, -0.1) is 0 Å². The first kappa shape index (κ1) is 11.3. The smallest absolute Gasteiger partial charge is 0.252 e. The summed E-state index contributed by atoms with van der Waals surface area (Å²) in [5.74, 6) is -1.46. The van der Waals surface area contributed by atoms with E-state index in [0.717, 1.165) is 6.20 Å². The van der Waals surface area contributed by atoms with Gasteiger partial charge in [-0.2, -0.15) is 8.78 Å². The number of benzene rings is 1. The van der Waals surface area contributed by atoms with Crippen molar-refractivity contribution in [1.29, 1.82) is 0 Å². The molecule has 0 bridgehead atoms. The second kappa shape index (κ2) is 4.78. The molecule has 0 saturated heterocycles. The van der Waals surface area contributed by atoms with Crippen molar-refractivity contribution in [1.82, 2.24) is 4.98 Å². The van der Waals surface area contributed by atoms with Crippen molar-refractivity contribution in [2.75, 3.05) is 7.11 Å². The zero-order valence-corrected chi connectivity index (χ0v) is 8.98. The molecule has 0 saturated carbocycles. The maximum Gasteiger partial charge on any atom is 0.252 e. The molecule has 1 aromatic heterocycles.